The second-order valence-corrected chi connectivity index (χ2v) is 7.38. The molecule has 1 aliphatic heterocycles. The monoisotopic (exact) mass is 426 g/mol. The Morgan fingerprint density at radius 1 is 1.13 bits per heavy atom. The average Bonchev–Trinajstić information content (AvgIpc) is 3.08. The maximum absolute atomic E-state index is 12.4. The van der Waals surface area contributed by atoms with E-state index in [9.17, 15) is 14.4 Å². The molecular formula is C22H22N2O5S. The minimum absolute atomic E-state index is 0.0723. The van der Waals surface area contributed by atoms with Gasteiger partial charge in [-0.2, -0.15) is 0 Å². The number of thioether (sulfide) groups is 1. The predicted molar refractivity (Wildman–Crippen MR) is 115 cm³/mol. The lowest BCUT2D eigenvalue weighted by atomic mass is 10.1. The highest BCUT2D eigenvalue weighted by Gasteiger charge is 2.27. The van der Waals surface area contributed by atoms with E-state index < -0.39 is 5.97 Å². The van der Waals surface area contributed by atoms with E-state index >= 15 is 0 Å². The predicted octanol–water partition coefficient (Wildman–Crippen LogP) is 3.43. The summed E-state index contributed by atoms with van der Waals surface area (Å²) in [5.41, 5.74) is 2.01. The van der Waals surface area contributed by atoms with Crippen LogP contribution in [0.3, 0.4) is 0 Å². The molecule has 0 aliphatic carbocycles. The van der Waals surface area contributed by atoms with E-state index in [1.165, 1.54) is 17.8 Å². The zero-order valence-corrected chi connectivity index (χ0v) is 17.5. The van der Waals surface area contributed by atoms with E-state index in [0.717, 1.165) is 5.56 Å². The molecule has 1 fully saturated rings. The molecule has 30 heavy (non-hydrogen) atoms. The lowest BCUT2D eigenvalue weighted by Crippen LogP contribution is -2.24. The van der Waals surface area contributed by atoms with Gasteiger partial charge in [0.2, 0.25) is 5.91 Å². The third-order valence-corrected chi connectivity index (χ3v) is 5.37. The number of methoxy groups -OCH3 is 1. The van der Waals surface area contributed by atoms with Crippen LogP contribution in [0.15, 0.2) is 59.6 Å². The van der Waals surface area contributed by atoms with Gasteiger partial charge in [0, 0.05) is 11.3 Å². The summed E-state index contributed by atoms with van der Waals surface area (Å²) in [5.74, 6) is 0.223. The van der Waals surface area contributed by atoms with Gasteiger partial charge in [-0.05, 0) is 48.9 Å². The van der Waals surface area contributed by atoms with Gasteiger partial charge in [0.15, 0.2) is 0 Å². The van der Waals surface area contributed by atoms with Crippen molar-refractivity contribution in [2.45, 2.75) is 13.5 Å². The molecule has 3 rings (SSSR count). The minimum atomic E-state index is -0.467. The van der Waals surface area contributed by atoms with Crippen LogP contribution in [-0.4, -0.2) is 42.2 Å². The third kappa shape index (κ3) is 5.42. The van der Waals surface area contributed by atoms with Crippen molar-refractivity contribution in [2.24, 2.45) is 0 Å². The number of carbonyl (C=O) groups excluding carboxylic acids is 3. The van der Waals surface area contributed by atoms with Crippen molar-refractivity contribution in [3.8, 4) is 5.75 Å². The summed E-state index contributed by atoms with van der Waals surface area (Å²) in [7, 11) is 1.58. The van der Waals surface area contributed by atoms with Crippen molar-refractivity contribution in [2.75, 3.05) is 24.8 Å². The van der Waals surface area contributed by atoms with Gasteiger partial charge in [-0.1, -0.05) is 23.9 Å². The number of benzene rings is 2. The van der Waals surface area contributed by atoms with Crippen LogP contribution in [0.25, 0.3) is 0 Å². The molecule has 0 saturated carbocycles. The first-order chi connectivity index (χ1) is 14.5. The topological polar surface area (TPSA) is 84.9 Å². The molecule has 1 N–H and O–H groups in total. The number of nitrogens with one attached hydrogen (secondary N) is 1. The van der Waals surface area contributed by atoms with Crippen LogP contribution in [0, 0.1) is 0 Å². The van der Waals surface area contributed by atoms with E-state index in [2.05, 4.69) is 5.32 Å². The van der Waals surface area contributed by atoms with Crippen molar-refractivity contribution in [1.29, 1.82) is 0 Å². The first-order valence-corrected chi connectivity index (χ1v) is 10.3. The number of nitrogens with zero attached hydrogens (tertiary/aromatic N) is 1. The Kier molecular flexibility index (Phi) is 7.13. The number of amides is 2. The van der Waals surface area contributed by atoms with Gasteiger partial charge in [-0.15, -0.1) is 0 Å². The Labute approximate surface area is 179 Å². The van der Waals surface area contributed by atoms with Crippen LogP contribution in [-0.2, 0) is 20.9 Å². The van der Waals surface area contributed by atoms with E-state index in [-0.39, 0.29) is 24.2 Å². The molecule has 0 radical (unpaired) electrons. The van der Waals surface area contributed by atoms with Crippen LogP contribution in [0.1, 0.15) is 22.8 Å². The Hall–Kier alpha value is -3.26. The van der Waals surface area contributed by atoms with Crippen LogP contribution in [0.5, 0.6) is 5.75 Å². The number of rotatable bonds is 7. The first-order valence-electron chi connectivity index (χ1n) is 9.36. The molecule has 0 bridgehead atoms. The van der Waals surface area contributed by atoms with E-state index in [4.69, 9.17) is 9.47 Å². The van der Waals surface area contributed by atoms with Crippen molar-refractivity contribution in [3.63, 3.8) is 0 Å². The van der Waals surface area contributed by atoms with E-state index in [1.807, 2.05) is 0 Å². The summed E-state index contributed by atoms with van der Waals surface area (Å²) in [6, 6.07) is 14.1. The van der Waals surface area contributed by atoms with Gasteiger partial charge < -0.3 is 19.7 Å². The molecule has 1 heterocycles. The van der Waals surface area contributed by atoms with Crippen molar-refractivity contribution >= 4 is 35.2 Å². The van der Waals surface area contributed by atoms with Gasteiger partial charge in [-0.3, -0.25) is 9.59 Å². The maximum Gasteiger partial charge on any atom is 0.333 e. The van der Waals surface area contributed by atoms with Crippen LogP contribution in [0.4, 0.5) is 5.69 Å². The van der Waals surface area contributed by atoms with Crippen LogP contribution >= 0.6 is 11.8 Å². The summed E-state index contributed by atoms with van der Waals surface area (Å²) < 4.78 is 10.0. The highest BCUT2D eigenvalue weighted by atomic mass is 32.2. The van der Waals surface area contributed by atoms with Crippen molar-refractivity contribution < 1.29 is 23.9 Å². The maximum atomic E-state index is 12.4. The minimum Gasteiger partial charge on any atom is -0.497 e. The molecular weight excluding hydrogens is 404 g/mol. The van der Waals surface area contributed by atoms with Crippen molar-refractivity contribution in [1.82, 2.24) is 4.90 Å². The van der Waals surface area contributed by atoms with Crippen molar-refractivity contribution in [3.05, 3.63) is 70.8 Å². The van der Waals surface area contributed by atoms with Gasteiger partial charge >= 0.3 is 5.97 Å². The second kappa shape index (κ2) is 9.98. The summed E-state index contributed by atoms with van der Waals surface area (Å²) in [5, 5.41) is 3.40. The zero-order valence-electron chi connectivity index (χ0n) is 16.7. The lowest BCUT2D eigenvalue weighted by Gasteiger charge is -2.17. The van der Waals surface area contributed by atoms with E-state index in [1.54, 1.807) is 67.5 Å². The lowest BCUT2D eigenvalue weighted by molar-refractivity contribution is -0.137. The zero-order chi connectivity index (χ0) is 21.5. The number of esters is 1. The highest BCUT2D eigenvalue weighted by molar-refractivity contribution is 8.04. The van der Waals surface area contributed by atoms with Gasteiger partial charge in [-0.25, -0.2) is 4.79 Å². The summed E-state index contributed by atoms with van der Waals surface area (Å²) in [4.78, 5) is 37.9. The standard InChI is InChI=1S/C22H22N2O5S/c1-3-29-21(26)12-20-24(19(25)14-30-20)13-15-4-6-16(7-5-15)22(27)23-17-8-10-18(28-2)11-9-17/h4-12H,3,13-14H2,1-2H3,(H,23,27)/b20-12-. The molecule has 2 amide bonds. The molecule has 0 unspecified atom stereocenters. The molecule has 1 saturated heterocycles. The van der Waals surface area contributed by atoms with Crippen LogP contribution < -0.4 is 10.1 Å². The SMILES string of the molecule is CCOC(=O)/C=C1\SCC(=O)N1Cc1ccc(C(=O)Nc2ccc(OC)cc2)cc1. The largest absolute Gasteiger partial charge is 0.497 e. The normalized spacial score (nSPS) is 14.7. The molecule has 2 aromatic carbocycles. The molecule has 1 aliphatic rings. The number of anilines is 1. The third-order valence-electron chi connectivity index (χ3n) is 4.34. The summed E-state index contributed by atoms with van der Waals surface area (Å²) in [6.07, 6.45) is 1.34. The number of hydrogen-bond acceptors (Lipinski definition) is 6. The fourth-order valence-corrected chi connectivity index (χ4v) is 3.74. The Balaban J connectivity index is 1.65. The molecule has 0 atom stereocenters. The van der Waals surface area contributed by atoms with Crippen LogP contribution in [0.2, 0.25) is 0 Å². The summed E-state index contributed by atoms with van der Waals surface area (Å²) in [6.45, 7) is 2.33. The molecule has 8 heteroatoms. The first kappa shape index (κ1) is 21.4. The molecule has 0 aromatic heterocycles. The van der Waals surface area contributed by atoms with Gasteiger partial charge in [0.05, 0.1) is 37.1 Å². The Bertz CT molecular complexity index is 954. The number of ether oxygens (including phenoxy) is 2. The summed E-state index contributed by atoms with van der Waals surface area (Å²) >= 11 is 1.31. The highest BCUT2D eigenvalue weighted by Crippen LogP contribution is 2.30. The molecule has 7 nitrogen and oxygen atoms in total. The smallest absolute Gasteiger partial charge is 0.333 e. The number of hydrogen-bond donors (Lipinski definition) is 1. The second-order valence-electron chi connectivity index (χ2n) is 6.38. The fraction of sp³-hybridized carbons (Fsp3) is 0.227. The van der Waals surface area contributed by atoms with E-state index in [0.29, 0.717) is 28.6 Å². The van der Waals surface area contributed by atoms with Gasteiger partial charge in [0.25, 0.3) is 5.91 Å². The Morgan fingerprint density at radius 2 is 1.83 bits per heavy atom. The molecule has 156 valence electrons. The molecule has 2 aromatic rings. The Morgan fingerprint density at radius 3 is 2.47 bits per heavy atom. The average molecular weight is 426 g/mol. The molecule has 0 spiro atoms. The fourth-order valence-electron chi connectivity index (χ4n) is 2.81. The van der Waals surface area contributed by atoms with Gasteiger partial charge in [0.1, 0.15) is 5.75 Å². The number of carbonyl (C=O) groups is 3. The quantitative estimate of drug-likeness (QED) is 0.539.